The number of hydrogen-bond donors (Lipinski definition) is 0. The molecule has 0 N–H and O–H groups in total. The van der Waals surface area contributed by atoms with Crippen molar-refractivity contribution < 1.29 is 13.3 Å². The molecule has 0 bridgehead atoms. The van der Waals surface area contributed by atoms with Gasteiger partial charge >= 0.3 is 8.80 Å². The van der Waals surface area contributed by atoms with Crippen molar-refractivity contribution in [3.8, 4) is 0 Å². The molecule has 0 saturated carbocycles. The molecule has 0 aromatic heterocycles. The molecule has 0 saturated heterocycles. The molecule has 0 heterocycles. The van der Waals surface area contributed by atoms with Crippen LogP contribution in [0.2, 0.25) is 6.04 Å². The lowest BCUT2D eigenvalue weighted by molar-refractivity contribution is 0.0641. The lowest BCUT2D eigenvalue weighted by atomic mass is 10.2. The van der Waals surface area contributed by atoms with Crippen LogP contribution in [0.5, 0.6) is 0 Å². The molecule has 0 atom stereocenters. The number of allylic oxidation sites excluding steroid dienone is 1. The molecule has 0 unspecified atom stereocenters. The first-order valence-corrected chi connectivity index (χ1v) is 8.26. The Bertz CT molecular complexity index is 334. The maximum absolute atomic E-state index is 5.96. The first-order valence-electron chi connectivity index (χ1n) is 6.33. The van der Waals surface area contributed by atoms with Gasteiger partial charge in [0.2, 0.25) is 0 Å². The Kier molecular flexibility index (Phi) is 6.89. The predicted octanol–water partition coefficient (Wildman–Crippen LogP) is 3.40. The zero-order valence-electron chi connectivity index (χ0n) is 11.2. The lowest BCUT2D eigenvalue weighted by Gasteiger charge is -2.27. The van der Waals surface area contributed by atoms with Gasteiger partial charge in [-0.25, -0.2) is 0 Å². The van der Waals surface area contributed by atoms with Crippen LogP contribution in [0.3, 0.4) is 0 Å². The second kappa shape index (κ2) is 8.21. The van der Waals surface area contributed by atoms with Crippen molar-refractivity contribution in [3.63, 3.8) is 0 Å². The van der Waals surface area contributed by atoms with Gasteiger partial charge in [0, 0.05) is 19.3 Å². The van der Waals surface area contributed by atoms with Crippen molar-refractivity contribution in [2.45, 2.75) is 26.5 Å². The SMILES string of the molecule is C=CC[Si](OCC)(OCC)OCc1ccccc1. The maximum Gasteiger partial charge on any atom is 0.505 e. The Morgan fingerprint density at radius 1 is 1.06 bits per heavy atom. The largest absolute Gasteiger partial charge is 0.505 e. The highest BCUT2D eigenvalue weighted by Gasteiger charge is 2.39. The van der Waals surface area contributed by atoms with Crippen molar-refractivity contribution in [2.75, 3.05) is 13.2 Å². The van der Waals surface area contributed by atoms with Crippen LogP contribution in [0.25, 0.3) is 0 Å². The van der Waals surface area contributed by atoms with E-state index in [9.17, 15) is 0 Å². The summed E-state index contributed by atoms with van der Waals surface area (Å²) < 4.78 is 17.5. The van der Waals surface area contributed by atoms with E-state index in [1.807, 2.05) is 50.3 Å². The van der Waals surface area contributed by atoms with Crippen LogP contribution in [-0.2, 0) is 19.9 Å². The zero-order valence-corrected chi connectivity index (χ0v) is 12.2. The topological polar surface area (TPSA) is 27.7 Å². The molecule has 100 valence electrons. The van der Waals surface area contributed by atoms with E-state index in [0.29, 0.717) is 25.9 Å². The molecule has 0 aliphatic heterocycles. The third kappa shape index (κ3) is 4.74. The maximum atomic E-state index is 5.96. The lowest BCUT2D eigenvalue weighted by Crippen LogP contribution is -2.45. The van der Waals surface area contributed by atoms with Crippen LogP contribution in [-0.4, -0.2) is 22.0 Å². The van der Waals surface area contributed by atoms with Gasteiger partial charge < -0.3 is 13.3 Å². The van der Waals surface area contributed by atoms with E-state index in [0.717, 1.165) is 5.56 Å². The Morgan fingerprint density at radius 2 is 1.67 bits per heavy atom. The van der Waals surface area contributed by atoms with Crippen molar-refractivity contribution in [1.82, 2.24) is 0 Å². The van der Waals surface area contributed by atoms with Crippen LogP contribution in [0.1, 0.15) is 19.4 Å². The summed E-state index contributed by atoms with van der Waals surface area (Å²) in [5.74, 6) is 0. The summed E-state index contributed by atoms with van der Waals surface area (Å²) in [7, 11) is -2.60. The Balaban J connectivity index is 2.67. The van der Waals surface area contributed by atoms with Crippen molar-refractivity contribution in [2.24, 2.45) is 0 Å². The molecule has 0 radical (unpaired) electrons. The van der Waals surface area contributed by atoms with E-state index in [-0.39, 0.29) is 0 Å². The van der Waals surface area contributed by atoms with E-state index in [4.69, 9.17) is 13.3 Å². The van der Waals surface area contributed by atoms with E-state index in [1.54, 1.807) is 0 Å². The molecular formula is C14H22O3Si. The molecule has 1 aromatic rings. The molecule has 0 aliphatic rings. The Morgan fingerprint density at radius 3 is 2.17 bits per heavy atom. The minimum atomic E-state index is -2.60. The van der Waals surface area contributed by atoms with Gasteiger partial charge in [-0.1, -0.05) is 36.4 Å². The summed E-state index contributed by atoms with van der Waals surface area (Å²) in [4.78, 5) is 0. The van der Waals surface area contributed by atoms with Crippen molar-refractivity contribution in [3.05, 3.63) is 48.6 Å². The second-order valence-electron chi connectivity index (χ2n) is 3.82. The van der Waals surface area contributed by atoms with Gasteiger partial charge in [0.1, 0.15) is 0 Å². The highest BCUT2D eigenvalue weighted by molar-refractivity contribution is 6.61. The quantitative estimate of drug-likeness (QED) is 0.506. The molecule has 1 rings (SSSR count). The van der Waals surface area contributed by atoms with Gasteiger partial charge in [0.05, 0.1) is 6.61 Å². The van der Waals surface area contributed by atoms with E-state index < -0.39 is 8.80 Å². The highest BCUT2D eigenvalue weighted by atomic mass is 28.4. The molecule has 0 fully saturated rings. The fourth-order valence-corrected chi connectivity index (χ4v) is 3.91. The predicted molar refractivity (Wildman–Crippen MR) is 75.2 cm³/mol. The molecule has 0 aliphatic carbocycles. The van der Waals surface area contributed by atoms with Crippen LogP contribution in [0.4, 0.5) is 0 Å². The molecular weight excluding hydrogens is 244 g/mol. The zero-order chi connectivity index (χ0) is 13.3. The molecule has 0 spiro atoms. The van der Waals surface area contributed by atoms with Crippen LogP contribution >= 0.6 is 0 Å². The average molecular weight is 266 g/mol. The molecule has 1 aromatic carbocycles. The number of hydrogen-bond acceptors (Lipinski definition) is 3. The summed E-state index contributed by atoms with van der Waals surface area (Å²) in [6.07, 6.45) is 1.81. The third-order valence-corrected chi connectivity index (χ3v) is 5.25. The second-order valence-corrected chi connectivity index (χ2v) is 6.46. The van der Waals surface area contributed by atoms with Gasteiger partial charge in [-0.3, -0.25) is 0 Å². The smallest absolute Gasteiger partial charge is 0.374 e. The minimum absolute atomic E-state index is 0.515. The van der Waals surface area contributed by atoms with Gasteiger partial charge in [-0.2, -0.15) is 0 Å². The fourth-order valence-electron chi connectivity index (χ4n) is 1.69. The summed E-state index contributed by atoms with van der Waals surface area (Å²) in [5.41, 5.74) is 1.12. The monoisotopic (exact) mass is 266 g/mol. The van der Waals surface area contributed by atoms with Gasteiger partial charge in [0.25, 0.3) is 0 Å². The minimum Gasteiger partial charge on any atom is -0.374 e. The normalized spacial score (nSPS) is 11.4. The fraction of sp³-hybridized carbons (Fsp3) is 0.429. The Hall–Kier alpha value is -0.943. The van der Waals surface area contributed by atoms with Crippen molar-refractivity contribution >= 4 is 8.80 Å². The van der Waals surface area contributed by atoms with Crippen LogP contribution in [0, 0.1) is 0 Å². The summed E-state index contributed by atoms with van der Waals surface area (Å²) >= 11 is 0. The Labute approximate surface area is 111 Å². The van der Waals surface area contributed by atoms with Gasteiger partial charge in [0.15, 0.2) is 0 Å². The number of rotatable bonds is 9. The average Bonchev–Trinajstić information content (AvgIpc) is 2.39. The molecule has 18 heavy (non-hydrogen) atoms. The van der Waals surface area contributed by atoms with E-state index in [2.05, 4.69) is 6.58 Å². The third-order valence-electron chi connectivity index (χ3n) is 2.42. The molecule has 0 amide bonds. The van der Waals surface area contributed by atoms with Gasteiger partial charge in [-0.05, 0) is 19.4 Å². The van der Waals surface area contributed by atoms with E-state index >= 15 is 0 Å². The summed E-state index contributed by atoms with van der Waals surface area (Å²) in [5, 5.41) is 0. The first-order chi connectivity index (χ1) is 8.76. The highest BCUT2D eigenvalue weighted by Crippen LogP contribution is 2.18. The summed E-state index contributed by atoms with van der Waals surface area (Å²) in [6, 6.07) is 10.7. The van der Waals surface area contributed by atoms with Crippen LogP contribution < -0.4 is 0 Å². The molecule has 3 nitrogen and oxygen atoms in total. The molecule has 4 heteroatoms. The summed E-state index contributed by atoms with van der Waals surface area (Å²) in [6.45, 7) is 9.37. The van der Waals surface area contributed by atoms with Gasteiger partial charge in [-0.15, -0.1) is 6.58 Å². The van der Waals surface area contributed by atoms with Crippen molar-refractivity contribution in [1.29, 1.82) is 0 Å². The standard InChI is InChI=1S/C14H22O3Si/c1-4-12-18(15-5-2,16-6-3)17-13-14-10-8-7-9-11-14/h4,7-11H,1,5-6,12-13H2,2-3H3. The first kappa shape index (κ1) is 15.1. The van der Waals surface area contributed by atoms with Crippen LogP contribution in [0.15, 0.2) is 43.0 Å². The number of benzene rings is 1. The van der Waals surface area contributed by atoms with E-state index in [1.165, 1.54) is 0 Å².